The Morgan fingerprint density at radius 1 is 1.28 bits per heavy atom. The molecule has 1 unspecified atom stereocenters. The summed E-state index contributed by atoms with van der Waals surface area (Å²) in [6.45, 7) is 6.92. The van der Waals surface area contributed by atoms with Gasteiger partial charge in [-0.2, -0.15) is 4.68 Å². The topological polar surface area (TPSA) is 71.6 Å². The highest BCUT2D eigenvalue weighted by molar-refractivity contribution is 5.76. The van der Waals surface area contributed by atoms with Crippen LogP contribution in [0.25, 0.3) is 0 Å². The molecule has 1 fully saturated rings. The summed E-state index contributed by atoms with van der Waals surface area (Å²) in [6, 6.07) is 10.4. The SMILES string of the molecule is Cc1nn(CC(=O)N2CCCN(Cc3ccccc3)CC2C)c(=O)o1. The van der Waals surface area contributed by atoms with Gasteiger partial charge in [0.15, 0.2) is 0 Å². The van der Waals surface area contributed by atoms with Crippen LogP contribution in [0.15, 0.2) is 39.5 Å². The van der Waals surface area contributed by atoms with Gasteiger partial charge >= 0.3 is 5.76 Å². The number of benzene rings is 1. The Morgan fingerprint density at radius 3 is 2.72 bits per heavy atom. The van der Waals surface area contributed by atoms with Gasteiger partial charge in [0, 0.05) is 39.1 Å². The van der Waals surface area contributed by atoms with E-state index in [4.69, 9.17) is 4.42 Å². The van der Waals surface area contributed by atoms with Gasteiger partial charge in [-0.3, -0.25) is 9.69 Å². The van der Waals surface area contributed by atoms with Crippen LogP contribution in [0.4, 0.5) is 0 Å². The number of carbonyl (C=O) groups excluding carboxylic acids is 1. The molecule has 1 aromatic heterocycles. The van der Waals surface area contributed by atoms with Crippen LogP contribution in [0.5, 0.6) is 0 Å². The molecular formula is C18H24N4O3. The van der Waals surface area contributed by atoms with Crippen LogP contribution < -0.4 is 5.76 Å². The molecule has 25 heavy (non-hydrogen) atoms. The van der Waals surface area contributed by atoms with Gasteiger partial charge < -0.3 is 9.32 Å². The summed E-state index contributed by atoms with van der Waals surface area (Å²) in [5.74, 6) is -0.403. The highest BCUT2D eigenvalue weighted by atomic mass is 16.4. The van der Waals surface area contributed by atoms with E-state index in [1.165, 1.54) is 5.56 Å². The van der Waals surface area contributed by atoms with Gasteiger partial charge in [0.1, 0.15) is 6.54 Å². The third-order valence-corrected chi connectivity index (χ3v) is 4.49. The second-order valence-corrected chi connectivity index (χ2v) is 6.56. The Kier molecular flexibility index (Phi) is 5.33. The van der Waals surface area contributed by atoms with Gasteiger partial charge in [0.05, 0.1) is 0 Å². The highest BCUT2D eigenvalue weighted by Crippen LogP contribution is 2.14. The van der Waals surface area contributed by atoms with Gasteiger partial charge in [0.2, 0.25) is 11.8 Å². The first-order valence-corrected chi connectivity index (χ1v) is 8.63. The fourth-order valence-corrected chi connectivity index (χ4v) is 3.33. The van der Waals surface area contributed by atoms with Gasteiger partial charge in [-0.05, 0) is 18.9 Å². The number of carbonyl (C=O) groups is 1. The Labute approximate surface area is 146 Å². The zero-order valence-electron chi connectivity index (χ0n) is 14.7. The van der Waals surface area contributed by atoms with Crippen molar-refractivity contribution in [1.29, 1.82) is 0 Å². The number of nitrogens with zero attached hydrogens (tertiary/aromatic N) is 4. The van der Waals surface area contributed by atoms with Crippen molar-refractivity contribution in [2.45, 2.75) is 39.4 Å². The summed E-state index contributed by atoms with van der Waals surface area (Å²) in [5, 5.41) is 3.94. The summed E-state index contributed by atoms with van der Waals surface area (Å²) in [7, 11) is 0. The summed E-state index contributed by atoms with van der Waals surface area (Å²) in [5.41, 5.74) is 1.28. The van der Waals surface area contributed by atoms with E-state index in [1.807, 2.05) is 23.1 Å². The maximum atomic E-state index is 12.6. The van der Waals surface area contributed by atoms with Crippen LogP contribution in [-0.4, -0.2) is 51.2 Å². The van der Waals surface area contributed by atoms with Gasteiger partial charge in [-0.15, -0.1) is 5.10 Å². The number of hydrogen-bond donors (Lipinski definition) is 0. The standard InChI is InChI=1S/C18H24N4O3/c1-14-11-20(12-16-7-4-3-5-8-16)9-6-10-21(14)17(23)13-22-18(24)25-15(2)19-22/h3-5,7-8,14H,6,9-13H2,1-2H3. The molecule has 1 aliphatic heterocycles. The van der Waals surface area contributed by atoms with Crippen LogP contribution in [0.3, 0.4) is 0 Å². The fraction of sp³-hybridized carbons (Fsp3) is 0.500. The molecule has 2 aromatic rings. The van der Waals surface area contributed by atoms with Crippen molar-refractivity contribution in [3.63, 3.8) is 0 Å². The van der Waals surface area contributed by atoms with Crippen molar-refractivity contribution in [2.75, 3.05) is 19.6 Å². The highest BCUT2D eigenvalue weighted by Gasteiger charge is 2.26. The van der Waals surface area contributed by atoms with Crippen molar-refractivity contribution in [3.8, 4) is 0 Å². The lowest BCUT2D eigenvalue weighted by Gasteiger charge is -2.29. The van der Waals surface area contributed by atoms with Gasteiger partial charge in [-0.25, -0.2) is 4.79 Å². The minimum Gasteiger partial charge on any atom is -0.393 e. The molecule has 1 aliphatic rings. The van der Waals surface area contributed by atoms with E-state index in [-0.39, 0.29) is 24.4 Å². The molecule has 0 saturated carbocycles. The molecule has 1 aromatic carbocycles. The minimum atomic E-state index is -0.584. The molecule has 0 aliphatic carbocycles. The first-order chi connectivity index (χ1) is 12.0. The van der Waals surface area contributed by atoms with Crippen molar-refractivity contribution in [1.82, 2.24) is 19.6 Å². The molecule has 0 N–H and O–H groups in total. The number of rotatable bonds is 4. The molecule has 7 nitrogen and oxygen atoms in total. The zero-order valence-corrected chi connectivity index (χ0v) is 14.7. The lowest BCUT2D eigenvalue weighted by atomic mass is 10.2. The largest absolute Gasteiger partial charge is 0.437 e. The summed E-state index contributed by atoms with van der Waals surface area (Å²) in [6.07, 6.45) is 0.912. The van der Waals surface area contributed by atoms with Gasteiger partial charge in [0.25, 0.3) is 0 Å². The molecule has 7 heteroatoms. The number of amides is 1. The second kappa shape index (κ2) is 7.65. The molecule has 2 heterocycles. The molecule has 1 atom stereocenters. The van der Waals surface area contributed by atoms with E-state index >= 15 is 0 Å². The van der Waals surface area contributed by atoms with Crippen LogP contribution >= 0.6 is 0 Å². The molecule has 0 bridgehead atoms. The maximum absolute atomic E-state index is 12.6. The number of aromatic nitrogens is 2. The predicted octanol–water partition coefficient (Wildman–Crippen LogP) is 1.27. The van der Waals surface area contributed by atoms with E-state index in [2.05, 4.69) is 29.1 Å². The summed E-state index contributed by atoms with van der Waals surface area (Å²) < 4.78 is 5.95. The molecule has 0 radical (unpaired) electrons. The Morgan fingerprint density at radius 2 is 2.04 bits per heavy atom. The minimum absolute atomic E-state index is 0.0702. The van der Waals surface area contributed by atoms with Crippen LogP contribution in [0.1, 0.15) is 24.8 Å². The Balaban J connectivity index is 1.62. The van der Waals surface area contributed by atoms with Crippen molar-refractivity contribution < 1.29 is 9.21 Å². The Hall–Kier alpha value is -2.41. The van der Waals surface area contributed by atoms with Crippen molar-refractivity contribution >= 4 is 5.91 Å². The number of aryl methyl sites for hydroxylation is 1. The maximum Gasteiger partial charge on any atom is 0.437 e. The first kappa shape index (κ1) is 17.4. The van der Waals surface area contributed by atoms with Gasteiger partial charge in [-0.1, -0.05) is 30.3 Å². The normalized spacial score (nSPS) is 19.0. The van der Waals surface area contributed by atoms with E-state index in [9.17, 15) is 9.59 Å². The van der Waals surface area contributed by atoms with Crippen molar-refractivity contribution in [3.05, 3.63) is 52.3 Å². The van der Waals surface area contributed by atoms with E-state index in [1.54, 1.807) is 6.92 Å². The first-order valence-electron chi connectivity index (χ1n) is 8.63. The molecular weight excluding hydrogens is 320 g/mol. The average molecular weight is 344 g/mol. The van der Waals surface area contributed by atoms with Crippen LogP contribution in [0, 0.1) is 6.92 Å². The second-order valence-electron chi connectivity index (χ2n) is 6.56. The average Bonchev–Trinajstić information content (AvgIpc) is 2.77. The molecule has 0 spiro atoms. The quantitative estimate of drug-likeness (QED) is 0.835. The fourth-order valence-electron chi connectivity index (χ4n) is 3.33. The zero-order chi connectivity index (χ0) is 17.8. The third kappa shape index (κ3) is 4.36. The molecule has 134 valence electrons. The van der Waals surface area contributed by atoms with E-state index in [0.29, 0.717) is 6.54 Å². The monoisotopic (exact) mass is 344 g/mol. The van der Waals surface area contributed by atoms with Crippen molar-refractivity contribution in [2.24, 2.45) is 0 Å². The smallest absolute Gasteiger partial charge is 0.393 e. The lowest BCUT2D eigenvalue weighted by molar-refractivity contribution is -0.134. The lowest BCUT2D eigenvalue weighted by Crippen LogP contribution is -2.44. The molecule has 1 amide bonds. The summed E-state index contributed by atoms with van der Waals surface area (Å²) >= 11 is 0. The van der Waals surface area contributed by atoms with E-state index in [0.717, 1.165) is 30.7 Å². The number of hydrogen-bond acceptors (Lipinski definition) is 5. The predicted molar refractivity (Wildman–Crippen MR) is 93.0 cm³/mol. The van der Waals surface area contributed by atoms with E-state index < -0.39 is 5.76 Å². The molecule has 3 rings (SSSR count). The Bertz CT molecular complexity index is 768. The van der Waals surface area contributed by atoms with Crippen LogP contribution in [0.2, 0.25) is 0 Å². The third-order valence-electron chi connectivity index (χ3n) is 4.49. The summed E-state index contributed by atoms with van der Waals surface area (Å²) in [4.78, 5) is 28.5. The molecule has 1 saturated heterocycles. The van der Waals surface area contributed by atoms with Crippen LogP contribution in [-0.2, 0) is 17.9 Å².